The summed E-state index contributed by atoms with van der Waals surface area (Å²) in [6.07, 6.45) is 3.59. The minimum Gasteiger partial charge on any atom is -0.449 e. The van der Waals surface area contributed by atoms with E-state index in [0.29, 0.717) is 75.6 Å². The largest absolute Gasteiger partial charge is 0.449 e. The van der Waals surface area contributed by atoms with Crippen molar-refractivity contribution in [2.75, 3.05) is 66.0 Å². The van der Waals surface area contributed by atoms with Crippen LogP contribution in [0, 0.1) is 17.8 Å². The molecule has 2 heterocycles. The molecule has 0 spiro atoms. The molecule has 1 aromatic rings. The Labute approximate surface area is 237 Å². The second kappa shape index (κ2) is 16.3. The van der Waals surface area contributed by atoms with Gasteiger partial charge in [-0.15, -0.1) is 5.06 Å². The zero-order chi connectivity index (χ0) is 28.9. The summed E-state index contributed by atoms with van der Waals surface area (Å²) in [7, 11) is 0. The number of aryl methyl sites for hydroxylation is 2. The summed E-state index contributed by atoms with van der Waals surface area (Å²) in [4.78, 5) is 51.1. The number of hydrogen-bond acceptors (Lipinski definition) is 12. The zero-order valence-electron chi connectivity index (χ0n) is 23.2. The van der Waals surface area contributed by atoms with Crippen molar-refractivity contribution in [2.45, 2.75) is 44.9 Å². The molecule has 1 saturated carbocycles. The number of amides is 3. The van der Waals surface area contributed by atoms with E-state index < -0.39 is 23.9 Å². The Morgan fingerprint density at radius 3 is 1.90 bits per heavy atom. The minimum absolute atomic E-state index is 0.0574. The number of hydrogen-bond donors (Lipinski definition) is 2. The van der Waals surface area contributed by atoms with Gasteiger partial charge in [0, 0.05) is 19.4 Å². The molecule has 3 atom stereocenters. The number of imide groups is 1. The van der Waals surface area contributed by atoms with Gasteiger partial charge in [0.05, 0.1) is 77.3 Å². The van der Waals surface area contributed by atoms with E-state index in [4.69, 9.17) is 28.5 Å². The highest BCUT2D eigenvalue weighted by Gasteiger charge is 2.50. The molecule has 15 nitrogen and oxygen atoms in total. The number of fused-ring (bicyclic) bond motifs is 2. The summed E-state index contributed by atoms with van der Waals surface area (Å²) in [6, 6.07) is 0. The van der Waals surface area contributed by atoms with Crippen LogP contribution in [0.5, 0.6) is 0 Å². The van der Waals surface area contributed by atoms with Gasteiger partial charge < -0.3 is 33.8 Å². The van der Waals surface area contributed by atoms with Gasteiger partial charge >= 0.3 is 12.1 Å². The monoisotopic (exact) mass is 581 g/mol. The van der Waals surface area contributed by atoms with E-state index in [2.05, 4.69) is 20.7 Å². The molecule has 228 valence electrons. The second-order valence-electron chi connectivity index (χ2n) is 10.1. The SMILES string of the molecule is O=C(CCOCCOCCOCCOCCNC(=O)OCC1[C@H]2CCc3n[nH]nc3CC[C@@H]12)ON1C(=O)CCC1=O. The lowest BCUT2D eigenvalue weighted by atomic mass is 10.0. The molecule has 15 heteroatoms. The number of aromatic nitrogens is 3. The number of carbonyl (C=O) groups is 4. The Kier molecular flexibility index (Phi) is 12.3. The third-order valence-corrected chi connectivity index (χ3v) is 7.33. The minimum atomic E-state index is -0.703. The maximum Gasteiger partial charge on any atom is 0.407 e. The van der Waals surface area contributed by atoms with E-state index in [0.717, 1.165) is 37.1 Å². The third kappa shape index (κ3) is 10.0. The fourth-order valence-corrected chi connectivity index (χ4v) is 5.08. The van der Waals surface area contributed by atoms with Crippen molar-refractivity contribution >= 4 is 23.9 Å². The molecule has 3 amide bonds. The van der Waals surface area contributed by atoms with Gasteiger partial charge in [-0.3, -0.25) is 9.59 Å². The predicted molar refractivity (Wildman–Crippen MR) is 138 cm³/mol. The summed E-state index contributed by atoms with van der Waals surface area (Å²) in [5, 5.41) is 14.4. The van der Waals surface area contributed by atoms with E-state index in [-0.39, 0.29) is 32.5 Å². The zero-order valence-corrected chi connectivity index (χ0v) is 23.2. The van der Waals surface area contributed by atoms with Crippen molar-refractivity contribution in [3.05, 3.63) is 11.4 Å². The van der Waals surface area contributed by atoms with E-state index >= 15 is 0 Å². The van der Waals surface area contributed by atoms with Crippen molar-refractivity contribution in [1.82, 2.24) is 25.8 Å². The van der Waals surface area contributed by atoms with E-state index in [1.54, 1.807) is 0 Å². The first-order valence-corrected chi connectivity index (χ1v) is 14.2. The maximum absolute atomic E-state index is 12.0. The van der Waals surface area contributed by atoms with Crippen LogP contribution in [0.3, 0.4) is 0 Å². The van der Waals surface area contributed by atoms with Crippen LogP contribution in [0.25, 0.3) is 0 Å². The van der Waals surface area contributed by atoms with Gasteiger partial charge in [-0.25, -0.2) is 9.59 Å². The van der Waals surface area contributed by atoms with Crippen LogP contribution >= 0.6 is 0 Å². The van der Waals surface area contributed by atoms with Crippen molar-refractivity contribution in [3.63, 3.8) is 0 Å². The number of H-pyrrole nitrogens is 1. The Bertz CT molecular complexity index is 976. The van der Waals surface area contributed by atoms with Gasteiger partial charge in [-0.05, 0) is 43.4 Å². The molecule has 1 saturated heterocycles. The number of nitrogens with one attached hydrogen (secondary N) is 2. The first-order chi connectivity index (χ1) is 20.0. The number of aromatic amines is 1. The van der Waals surface area contributed by atoms with E-state index in [1.165, 1.54) is 0 Å². The highest BCUT2D eigenvalue weighted by Crippen LogP contribution is 2.52. The molecule has 1 aliphatic heterocycles. The summed E-state index contributed by atoms with van der Waals surface area (Å²) in [6.45, 7) is 3.41. The molecule has 41 heavy (non-hydrogen) atoms. The fourth-order valence-electron chi connectivity index (χ4n) is 5.08. The Balaban J connectivity index is 0.869. The van der Waals surface area contributed by atoms with Crippen LogP contribution in [-0.2, 0) is 55.7 Å². The molecular weight excluding hydrogens is 542 g/mol. The molecule has 2 N–H and O–H groups in total. The first-order valence-electron chi connectivity index (χ1n) is 14.2. The lowest BCUT2D eigenvalue weighted by Crippen LogP contribution is -2.32. The topological polar surface area (TPSA) is 180 Å². The van der Waals surface area contributed by atoms with Crippen molar-refractivity contribution in [1.29, 1.82) is 0 Å². The van der Waals surface area contributed by atoms with Crippen LogP contribution in [-0.4, -0.2) is 110 Å². The van der Waals surface area contributed by atoms with Gasteiger partial charge in [-0.2, -0.15) is 15.4 Å². The van der Waals surface area contributed by atoms with Crippen LogP contribution in [0.1, 0.15) is 43.5 Å². The van der Waals surface area contributed by atoms with Crippen LogP contribution < -0.4 is 5.32 Å². The summed E-state index contributed by atoms with van der Waals surface area (Å²) < 4.78 is 26.9. The average molecular weight is 582 g/mol. The molecular formula is C26H39N5O10. The van der Waals surface area contributed by atoms with Crippen molar-refractivity contribution in [2.24, 2.45) is 17.8 Å². The third-order valence-electron chi connectivity index (χ3n) is 7.33. The number of hydroxylamine groups is 2. The molecule has 3 aliphatic rings. The van der Waals surface area contributed by atoms with Gasteiger partial charge in [-0.1, -0.05) is 0 Å². The number of nitrogens with zero attached hydrogens (tertiary/aromatic N) is 3. The summed E-state index contributed by atoms with van der Waals surface area (Å²) in [5.41, 5.74) is 2.14. The smallest absolute Gasteiger partial charge is 0.407 e. The Morgan fingerprint density at radius 1 is 0.780 bits per heavy atom. The van der Waals surface area contributed by atoms with Crippen molar-refractivity contribution < 1.29 is 47.7 Å². The summed E-state index contributed by atoms with van der Waals surface area (Å²) >= 11 is 0. The first kappa shape index (κ1) is 30.8. The lowest BCUT2D eigenvalue weighted by Gasteiger charge is -2.12. The van der Waals surface area contributed by atoms with Gasteiger partial charge in [0.25, 0.3) is 11.8 Å². The highest BCUT2D eigenvalue weighted by atomic mass is 16.7. The molecule has 0 bridgehead atoms. The predicted octanol–water partition coefficient (Wildman–Crippen LogP) is 0.336. The van der Waals surface area contributed by atoms with Crippen LogP contribution in [0.2, 0.25) is 0 Å². The maximum atomic E-state index is 12.0. The average Bonchev–Trinajstić information content (AvgIpc) is 3.21. The normalized spacial score (nSPS) is 21.6. The number of ether oxygens (including phenoxy) is 5. The number of rotatable bonds is 18. The molecule has 4 rings (SSSR count). The van der Waals surface area contributed by atoms with Gasteiger partial charge in [0.2, 0.25) is 0 Å². The molecule has 1 unspecified atom stereocenters. The van der Waals surface area contributed by atoms with E-state index in [1.807, 2.05) is 0 Å². The van der Waals surface area contributed by atoms with E-state index in [9.17, 15) is 19.2 Å². The number of alkyl carbamates (subject to hydrolysis) is 1. The second-order valence-corrected chi connectivity index (χ2v) is 10.1. The molecule has 2 aliphatic carbocycles. The Morgan fingerprint density at radius 2 is 1.32 bits per heavy atom. The lowest BCUT2D eigenvalue weighted by molar-refractivity contribution is -0.198. The van der Waals surface area contributed by atoms with Crippen LogP contribution in [0.15, 0.2) is 0 Å². The fraction of sp³-hybridized carbons (Fsp3) is 0.769. The van der Waals surface area contributed by atoms with Crippen molar-refractivity contribution in [3.8, 4) is 0 Å². The Hall–Kier alpha value is -3.14. The molecule has 1 aromatic heterocycles. The van der Waals surface area contributed by atoms with Gasteiger partial charge in [0.1, 0.15) is 0 Å². The van der Waals surface area contributed by atoms with Gasteiger partial charge in [0.15, 0.2) is 0 Å². The molecule has 2 fully saturated rings. The standard InChI is InChI=1S/C26H39N5O10/c32-23-5-6-24(33)31(23)41-25(34)7-9-36-11-13-38-15-16-39-14-12-37-10-8-27-26(35)40-17-20-18-1-3-21-22(29-30-28-21)4-2-19(18)20/h18-20H,1-17H2,(H,27,35)(H,28,29,30)/t18-,19+,20?. The molecule has 0 radical (unpaired) electrons. The van der Waals surface area contributed by atoms with Crippen LogP contribution in [0.4, 0.5) is 4.79 Å². The molecule has 0 aromatic carbocycles. The highest BCUT2D eigenvalue weighted by molar-refractivity contribution is 6.01. The quantitative estimate of drug-likeness (QED) is 0.179. The number of carbonyl (C=O) groups excluding carboxylic acids is 4. The summed E-state index contributed by atoms with van der Waals surface area (Å²) in [5.74, 6) is -0.103.